The van der Waals surface area contributed by atoms with Crippen molar-refractivity contribution in [2.24, 2.45) is 0 Å². The molecule has 2 rings (SSSR count). The predicted octanol–water partition coefficient (Wildman–Crippen LogP) is 4.69. The van der Waals surface area contributed by atoms with Crippen LogP contribution in [0.1, 0.15) is 12.5 Å². The number of benzene rings is 2. The maximum atomic E-state index is 10.1. The summed E-state index contributed by atoms with van der Waals surface area (Å²) in [5, 5.41) is 12.2. The first-order valence-electron chi connectivity index (χ1n) is 5.94. The first-order chi connectivity index (χ1) is 8.77. The molecule has 1 heteroatoms. The highest BCUT2D eigenvalue weighted by Crippen LogP contribution is 2.33. The molecule has 18 heavy (non-hydrogen) atoms. The topological polar surface area (TPSA) is 20.2 Å². The van der Waals surface area contributed by atoms with Crippen molar-refractivity contribution in [1.82, 2.24) is 0 Å². The standard InChI is InChI=1S/C17H16O/c1-3-5-8-13(4-2)17-15-10-7-6-9-14(15)11-12-16(17)18/h3-12,18H,2H2,1H3. The molecule has 0 aliphatic rings. The van der Waals surface area contributed by atoms with Crippen LogP contribution in [0, 0.1) is 0 Å². The second kappa shape index (κ2) is 5.37. The largest absolute Gasteiger partial charge is 0.507 e. The van der Waals surface area contributed by atoms with E-state index in [0.29, 0.717) is 0 Å². The Balaban J connectivity index is 2.75. The Bertz CT molecular complexity index is 633. The summed E-state index contributed by atoms with van der Waals surface area (Å²) >= 11 is 0. The van der Waals surface area contributed by atoms with E-state index in [0.717, 1.165) is 21.9 Å². The van der Waals surface area contributed by atoms with Crippen LogP contribution < -0.4 is 0 Å². The Morgan fingerprint density at radius 2 is 1.94 bits per heavy atom. The van der Waals surface area contributed by atoms with E-state index in [4.69, 9.17) is 0 Å². The lowest BCUT2D eigenvalue weighted by molar-refractivity contribution is 0.474. The average Bonchev–Trinajstić information content (AvgIpc) is 2.41. The van der Waals surface area contributed by atoms with E-state index < -0.39 is 0 Å². The number of allylic oxidation sites excluding steroid dienone is 5. The monoisotopic (exact) mass is 236 g/mol. The smallest absolute Gasteiger partial charge is 0.124 e. The van der Waals surface area contributed by atoms with Gasteiger partial charge in [0.2, 0.25) is 0 Å². The summed E-state index contributed by atoms with van der Waals surface area (Å²) in [6, 6.07) is 11.7. The van der Waals surface area contributed by atoms with Gasteiger partial charge < -0.3 is 5.11 Å². The van der Waals surface area contributed by atoms with E-state index in [1.165, 1.54) is 0 Å². The van der Waals surface area contributed by atoms with Gasteiger partial charge in [0.25, 0.3) is 0 Å². The van der Waals surface area contributed by atoms with Gasteiger partial charge in [0.15, 0.2) is 0 Å². The van der Waals surface area contributed by atoms with E-state index >= 15 is 0 Å². The van der Waals surface area contributed by atoms with Gasteiger partial charge in [0.05, 0.1) is 0 Å². The SMILES string of the molecule is C=CC(=CC=CC)c1c(O)ccc2ccccc12. The number of phenolic OH excluding ortho intramolecular Hbond substituents is 1. The molecule has 0 unspecified atom stereocenters. The molecule has 0 bridgehead atoms. The lowest BCUT2D eigenvalue weighted by atomic mass is 9.97. The van der Waals surface area contributed by atoms with Gasteiger partial charge in [-0.3, -0.25) is 0 Å². The van der Waals surface area contributed by atoms with Crippen LogP contribution in [-0.4, -0.2) is 5.11 Å². The highest BCUT2D eigenvalue weighted by molar-refractivity contribution is 5.98. The van der Waals surface area contributed by atoms with Gasteiger partial charge >= 0.3 is 0 Å². The number of phenols is 1. The third-order valence-electron chi connectivity index (χ3n) is 2.88. The Morgan fingerprint density at radius 3 is 2.67 bits per heavy atom. The zero-order valence-electron chi connectivity index (χ0n) is 10.4. The Morgan fingerprint density at radius 1 is 1.17 bits per heavy atom. The van der Waals surface area contributed by atoms with Crippen LogP contribution in [0.25, 0.3) is 16.3 Å². The quantitative estimate of drug-likeness (QED) is 0.766. The molecule has 0 aliphatic carbocycles. The molecule has 0 aliphatic heterocycles. The fraction of sp³-hybridized carbons (Fsp3) is 0.0588. The van der Waals surface area contributed by atoms with E-state index in [-0.39, 0.29) is 5.75 Å². The summed E-state index contributed by atoms with van der Waals surface area (Å²) in [7, 11) is 0. The Labute approximate surface area is 107 Å². The molecule has 90 valence electrons. The third-order valence-corrected chi connectivity index (χ3v) is 2.88. The van der Waals surface area contributed by atoms with Crippen molar-refractivity contribution >= 4 is 16.3 Å². The van der Waals surface area contributed by atoms with Crippen molar-refractivity contribution in [2.45, 2.75) is 6.92 Å². The molecule has 0 amide bonds. The summed E-state index contributed by atoms with van der Waals surface area (Å²) in [4.78, 5) is 0. The predicted molar refractivity (Wildman–Crippen MR) is 78.6 cm³/mol. The van der Waals surface area contributed by atoms with E-state index in [1.54, 1.807) is 12.1 Å². The van der Waals surface area contributed by atoms with Gasteiger partial charge in [0.1, 0.15) is 5.75 Å². The second-order valence-corrected chi connectivity index (χ2v) is 4.03. The van der Waals surface area contributed by atoms with E-state index in [2.05, 4.69) is 6.58 Å². The molecule has 0 fully saturated rings. The number of fused-ring (bicyclic) bond motifs is 1. The first-order valence-corrected chi connectivity index (χ1v) is 5.94. The van der Waals surface area contributed by atoms with Gasteiger partial charge in [-0.05, 0) is 29.3 Å². The highest BCUT2D eigenvalue weighted by atomic mass is 16.3. The molecule has 0 radical (unpaired) electrons. The maximum absolute atomic E-state index is 10.1. The summed E-state index contributed by atoms with van der Waals surface area (Å²) in [5.74, 6) is 0.282. The minimum absolute atomic E-state index is 0.282. The first kappa shape index (κ1) is 12.2. The number of hydrogen-bond donors (Lipinski definition) is 1. The number of rotatable bonds is 3. The molecule has 0 saturated carbocycles. The van der Waals surface area contributed by atoms with Crippen molar-refractivity contribution in [3.63, 3.8) is 0 Å². The van der Waals surface area contributed by atoms with Crippen LogP contribution in [-0.2, 0) is 0 Å². The molecule has 0 heterocycles. The van der Waals surface area contributed by atoms with Crippen molar-refractivity contribution in [3.05, 3.63) is 72.8 Å². The molecule has 0 aromatic heterocycles. The fourth-order valence-electron chi connectivity index (χ4n) is 2.02. The Hall–Kier alpha value is -2.28. The zero-order chi connectivity index (χ0) is 13.0. The van der Waals surface area contributed by atoms with Crippen molar-refractivity contribution in [2.75, 3.05) is 0 Å². The lowest BCUT2D eigenvalue weighted by Gasteiger charge is -2.09. The molecule has 0 saturated heterocycles. The number of hydrogen-bond acceptors (Lipinski definition) is 1. The molecule has 1 nitrogen and oxygen atoms in total. The van der Waals surface area contributed by atoms with Crippen LogP contribution >= 0.6 is 0 Å². The summed E-state index contributed by atoms with van der Waals surface area (Å²) < 4.78 is 0. The minimum atomic E-state index is 0.282. The van der Waals surface area contributed by atoms with Crippen LogP contribution in [0.2, 0.25) is 0 Å². The van der Waals surface area contributed by atoms with Crippen molar-refractivity contribution in [3.8, 4) is 5.75 Å². The summed E-state index contributed by atoms with van der Waals surface area (Å²) in [5.41, 5.74) is 1.75. The van der Waals surface area contributed by atoms with Gasteiger partial charge in [-0.15, -0.1) is 0 Å². The number of aromatic hydroxyl groups is 1. The fourth-order valence-corrected chi connectivity index (χ4v) is 2.02. The lowest BCUT2D eigenvalue weighted by Crippen LogP contribution is -1.85. The average molecular weight is 236 g/mol. The normalized spacial score (nSPS) is 12.2. The molecule has 0 spiro atoms. The van der Waals surface area contributed by atoms with Crippen LogP contribution in [0.15, 0.2) is 67.3 Å². The molecule has 1 N–H and O–H groups in total. The Kier molecular flexibility index (Phi) is 3.63. The molecular formula is C17H16O. The molecular weight excluding hydrogens is 220 g/mol. The van der Waals surface area contributed by atoms with Crippen LogP contribution in [0.5, 0.6) is 5.75 Å². The maximum Gasteiger partial charge on any atom is 0.124 e. The highest BCUT2D eigenvalue weighted by Gasteiger charge is 2.08. The summed E-state index contributed by atoms with van der Waals surface area (Å²) in [6.07, 6.45) is 7.61. The van der Waals surface area contributed by atoms with Gasteiger partial charge in [-0.2, -0.15) is 0 Å². The van der Waals surface area contributed by atoms with E-state index in [1.807, 2.05) is 55.5 Å². The zero-order valence-corrected chi connectivity index (χ0v) is 10.4. The third kappa shape index (κ3) is 2.21. The molecule has 2 aromatic rings. The van der Waals surface area contributed by atoms with Gasteiger partial charge in [0, 0.05) is 5.56 Å². The van der Waals surface area contributed by atoms with E-state index in [9.17, 15) is 5.11 Å². The van der Waals surface area contributed by atoms with Crippen molar-refractivity contribution in [1.29, 1.82) is 0 Å². The van der Waals surface area contributed by atoms with Gasteiger partial charge in [-0.1, -0.05) is 61.2 Å². The second-order valence-electron chi connectivity index (χ2n) is 4.03. The van der Waals surface area contributed by atoms with Gasteiger partial charge in [-0.25, -0.2) is 0 Å². The molecule has 2 aromatic carbocycles. The molecule has 0 atom stereocenters. The van der Waals surface area contributed by atoms with Crippen LogP contribution in [0.3, 0.4) is 0 Å². The summed E-state index contributed by atoms with van der Waals surface area (Å²) in [6.45, 7) is 5.78. The minimum Gasteiger partial charge on any atom is -0.507 e. The van der Waals surface area contributed by atoms with Crippen LogP contribution in [0.4, 0.5) is 0 Å². The van der Waals surface area contributed by atoms with Crippen molar-refractivity contribution < 1.29 is 5.11 Å².